The van der Waals surface area contributed by atoms with Crippen LogP contribution in [0.15, 0.2) is 58.1 Å². The Balaban J connectivity index is 1.11. The molecule has 2 aromatic rings. The van der Waals surface area contributed by atoms with Gasteiger partial charge in [-0.05, 0) is 18.3 Å². The van der Waals surface area contributed by atoms with Crippen LogP contribution in [0.4, 0.5) is 0 Å². The van der Waals surface area contributed by atoms with Gasteiger partial charge in [-0.3, -0.25) is 19.5 Å². The van der Waals surface area contributed by atoms with E-state index in [4.69, 9.17) is 4.42 Å². The minimum absolute atomic E-state index is 0.0233. The summed E-state index contributed by atoms with van der Waals surface area (Å²) in [6.45, 7) is 1.13. The fourth-order valence-electron chi connectivity index (χ4n) is 4.98. The maximum Gasteiger partial charge on any atom is 0.233 e. The molecule has 1 aromatic heterocycles. The van der Waals surface area contributed by atoms with Crippen LogP contribution < -0.4 is 10.6 Å². The van der Waals surface area contributed by atoms with Gasteiger partial charge in [-0.2, -0.15) is 0 Å². The number of aliphatic imine (C=N–C) groups is 1. The summed E-state index contributed by atoms with van der Waals surface area (Å²) < 4.78 is 5.79. The molecule has 0 radical (unpaired) electrons. The van der Waals surface area contributed by atoms with Gasteiger partial charge in [0.25, 0.3) is 0 Å². The second-order valence-electron chi connectivity index (χ2n) is 8.16. The van der Waals surface area contributed by atoms with Crippen molar-refractivity contribution < 1.29 is 14.0 Å². The number of aromatic nitrogens is 1. The Bertz CT molecular complexity index is 1010. The number of benzene rings is 1. The van der Waals surface area contributed by atoms with E-state index in [2.05, 4.69) is 32.8 Å². The fraction of sp³-hybridized carbons (Fsp3) is 0.391. The molecular formula is C23H25N5O3. The second-order valence-corrected chi connectivity index (χ2v) is 8.16. The SMILES string of the molecule is CN=C(NCCN1C(=O)C2C3C=CC(C3)C2C1=O)NCc1ncc(-c2ccccc2)o1. The molecule has 2 aliphatic carbocycles. The molecule has 1 aromatic carbocycles. The number of nitrogens with one attached hydrogen (secondary N) is 2. The molecule has 1 saturated carbocycles. The van der Waals surface area contributed by atoms with Crippen molar-refractivity contribution in [2.24, 2.45) is 28.7 Å². The number of rotatable bonds is 6. The van der Waals surface area contributed by atoms with Gasteiger partial charge in [0.15, 0.2) is 11.7 Å². The van der Waals surface area contributed by atoms with E-state index in [0.717, 1.165) is 12.0 Å². The lowest BCUT2D eigenvalue weighted by Gasteiger charge is -2.18. The van der Waals surface area contributed by atoms with Crippen molar-refractivity contribution in [1.29, 1.82) is 0 Å². The van der Waals surface area contributed by atoms with Crippen LogP contribution in [0.25, 0.3) is 11.3 Å². The van der Waals surface area contributed by atoms with Crippen LogP contribution in [0.3, 0.4) is 0 Å². The molecule has 2 bridgehead atoms. The van der Waals surface area contributed by atoms with Gasteiger partial charge in [-0.25, -0.2) is 4.98 Å². The summed E-state index contributed by atoms with van der Waals surface area (Å²) in [5.74, 6) is 1.94. The molecule has 2 fully saturated rings. The topological polar surface area (TPSA) is 99.8 Å². The van der Waals surface area contributed by atoms with Crippen LogP contribution in [-0.4, -0.2) is 47.8 Å². The summed E-state index contributed by atoms with van der Waals surface area (Å²) in [5, 5.41) is 6.30. The maximum atomic E-state index is 12.7. The van der Waals surface area contributed by atoms with Crippen molar-refractivity contribution in [3.05, 3.63) is 54.6 Å². The number of nitrogens with zero attached hydrogens (tertiary/aromatic N) is 3. The van der Waals surface area contributed by atoms with Gasteiger partial charge in [0.05, 0.1) is 24.6 Å². The lowest BCUT2D eigenvalue weighted by atomic mass is 9.85. The van der Waals surface area contributed by atoms with Crippen LogP contribution in [0.1, 0.15) is 12.3 Å². The summed E-state index contributed by atoms with van der Waals surface area (Å²) in [7, 11) is 1.67. The van der Waals surface area contributed by atoms with Gasteiger partial charge in [0.1, 0.15) is 0 Å². The molecule has 2 amide bonds. The van der Waals surface area contributed by atoms with Gasteiger partial charge in [-0.1, -0.05) is 42.5 Å². The number of carbonyl (C=O) groups is 2. The molecule has 4 atom stereocenters. The number of carbonyl (C=O) groups excluding carboxylic acids is 2. The van der Waals surface area contributed by atoms with Gasteiger partial charge in [0.2, 0.25) is 17.7 Å². The lowest BCUT2D eigenvalue weighted by Crippen LogP contribution is -2.43. The quantitative estimate of drug-likeness (QED) is 0.321. The third-order valence-electron chi connectivity index (χ3n) is 6.43. The molecular weight excluding hydrogens is 394 g/mol. The zero-order valence-electron chi connectivity index (χ0n) is 17.3. The van der Waals surface area contributed by atoms with Gasteiger partial charge >= 0.3 is 0 Å². The molecule has 4 unspecified atom stereocenters. The van der Waals surface area contributed by atoms with E-state index >= 15 is 0 Å². The molecule has 5 rings (SSSR count). The summed E-state index contributed by atoms with van der Waals surface area (Å²) in [4.78, 5) is 35.4. The van der Waals surface area contributed by atoms with Crippen LogP contribution >= 0.6 is 0 Å². The number of guanidine groups is 1. The molecule has 160 valence electrons. The van der Waals surface area contributed by atoms with Crippen molar-refractivity contribution in [2.45, 2.75) is 13.0 Å². The fourth-order valence-corrected chi connectivity index (χ4v) is 4.98. The second kappa shape index (κ2) is 8.02. The predicted molar refractivity (Wildman–Crippen MR) is 115 cm³/mol. The first-order valence-corrected chi connectivity index (χ1v) is 10.6. The Morgan fingerprint density at radius 2 is 1.84 bits per heavy atom. The highest BCUT2D eigenvalue weighted by molar-refractivity contribution is 6.06. The number of likely N-dealkylation sites (tertiary alicyclic amines) is 1. The van der Waals surface area contributed by atoms with Crippen LogP contribution in [-0.2, 0) is 16.1 Å². The number of fused-ring (bicyclic) bond motifs is 5. The van der Waals surface area contributed by atoms with Gasteiger partial charge in [-0.15, -0.1) is 0 Å². The number of imide groups is 1. The summed E-state index contributed by atoms with van der Waals surface area (Å²) in [6, 6.07) is 9.79. The van der Waals surface area contributed by atoms with Crippen LogP contribution in [0.5, 0.6) is 0 Å². The van der Waals surface area contributed by atoms with Crippen LogP contribution in [0, 0.1) is 23.7 Å². The largest absolute Gasteiger partial charge is 0.439 e. The molecule has 2 N–H and O–H groups in total. The van der Waals surface area contributed by atoms with E-state index in [9.17, 15) is 9.59 Å². The van der Waals surface area contributed by atoms with Crippen molar-refractivity contribution in [3.8, 4) is 11.3 Å². The number of allylic oxidation sites excluding steroid dienone is 2. The first-order valence-electron chi connectivity index (χ1n) is 10.6. The zero-order valence-corrected chi connectivity index (χ0v) is 17.3. The summed E-state index contributed by atoms with van der Waals surface area (Å²) in [6.07, 6.45) is 6.86. The molecule has 8 heteroatoms. The van der Waals surface area contributed by atoms with E-state index in [1.54, 1.807) is 13.2 Å². The summed E-state index contributed by atoms with van der Waals surface area (Å²) in [5.41, 5.74) is 0.970. The minimum atomic E-state index is -0.149. The van der Waals surface area contributed by atoms with Gasteiger partial charge < -0.3 is 15.1 Å². The highest BCUT2D eigenvalue weighted by Crippen LogP contribution is 2.52. The van der Waals surface area contributed by atoms with E-state index in [0.29, 0.717) is 37.2 Å². The van der Waals surface area contributed by atoms with E-state index in [1.165, 1.54) is 4.90 Å². The average molecular weight is 419 g/mol. The lowest BCUT2D eigenvalue weighted by molar-refractivity contribution is -0.140. The first-order chi connectivity index (χ1) is 15.2. The van der Waals surface area contributed by atoms with Crippen molar-refractivity contribution in [1.82, 2.24) is 20.5 Å². The predicted octanol–water partition coefficient (Wildman–Crippen LogP) is 1.81. The molecule has 8 nitrogen and oxygen atoms in total. The number of amides is 2. The molecule has 1 aliphatic heterocycles. The van der Waals surface area contributed by atoms with Crippen LogP contribution in [0.2, 0.25) is 0 Å². The Labute approximate surface area is 180 Å². The normalized spacial score (nSPS) is 26.6. The van der Waals surface area contributed by atoms with E-state index in [1.807, 2.05) is 30.3 Å². The van der Waals surface area contributed by atoms with Crippen molar-refractivity contribution in [3.63, 3.8) is 0 Å². The Morgan fingerprint density at radius 3 is 2.52 bits per heavy atom. The van der Waals surface area contributed by atoms with Crippen molar-refractivity contribution >= 4 is 17.8 Å². The molecule has 1 saturated heterocycles. The number of hydrogen-bond acceptors (Lipinski definition) is 5. The number of hydrogen-bond donors (Lipinski definition) is 2. The third-order valence-corrected chi connectivity index (χ3v) is 6.43. The zero-order chi connectivity index (χ0) is 21.4. The minimum Gasteiger partial charge on any atom is -0.439 e. The standard InChI is InChI=1S/C23H25N5O3/c1-24-23(27-13-18-26-12-17(31-18)14-5-3-2-4-6-14)25-9-10-28-21(29)19-15-7-8-16(11-15)20(19)22(28)30/h2-8,12,15-16,19-20H,9-11,13H2,1H3,(H2,24,25,27). The van der Waals surface area contributed by atoms with Crippen molar-refractivity contribution in [2.75, 3.05) is 20.1 Å². The molecule has 2 heterocycles. The van der Waals surface area contributed by atoms with E-state index < -0.39 is 0 Å². The smallest absolute Gasteiger partial charge is 0.233 e. The average Bonchev–Trinajstić information content (AvgIpc) is 3.57. The first kappa shape index (κ1) is 19.5. The highest BCUT2D eigenvalue weighted by Gasteiger charge is 2.58. The molecule has 0 spiro atoms. The third kappa shape index (κ3) is 3.52. The maximum absolute atomic E-state index is 12.7. The molecule has 3 aliphatic rings. The van der Waals surface area contributed by atoms with Gasteiger partial charge in [0, 0.05) is 25.7 Å². The Kier molecular flexibility index (Phi) is 5.05. The summed E-state index contributed by atoms with van der Waals surface area (Å²) >= 11 is 0. The molecule has 31 heavy (non-hydrogen) atoms. The highest BCUT2D eigenvalue weighted by atomic mass is 16.4. The monoisotopic (exact) mass is 419 g/mol. The Hall–Kier alpha value is -3.42. The Morgan fingerprint density at radius 1 is 1.13 bits per heavy atom. The number of oxazole rings is 1. The van der Waals surface area contributed by atoms with E-state index in [-0.39, 0.29) is 35.5 Å².